The van der Waals surface area contributed by atoms with Crippen LogP contribution in [-0.2, 0) is 0 Å². The van der Waals surface area contributed by atoms with Gasteiger partial charge in [-0.3, -0.25) is 4.79 Å². The normalized spacial score (nSPS) is 15.4. The maximum absolute atomic E-state index is 12.9. The van der Waals surface area contributed by atoms with Crippen LogP contribution in [0.5, 0.6) is 0 Å². The minimum absolute atomic E-state index is 0.0530. The highest BCUT2D eigenvalue weighted by Crippen LogP contribution is 2.26. The molecule has 1 aromatic carbocycles. The van der Waals surface area contributed by atoms with Crippen LogP contribution in [0.1, 0.15) is 35.4 Å². The Morgan fingerprint density at radius 3 is 2.65 bits per heavy atom. The Hall–Kier alpha value is -1.75. The summed E-state index contributed by atoms with van der Waals surface area (Å²) < 4.78 is 12.9. The maximum atomic E-state index is 12.9. The molecule has 1 aliphatic carbocycles. The molecular weight excluding hydrogens is 275 g/mol. The fraction of sp³-hybridized carbons (Fsp3) is 0.333. The fourth-order valence-corrected chi connectivity index (χ4v) is 3.26. The zero-order valence-electron chi connectivity index (χ0n) is 10.9. The van der Waals surface area contributed by atoms with E-state index in [0.29, 0.717) is 10.9 Å². The monoisotopic (exact) mass is 290 g/mol. The van der Waals surface area contributed by atoms with E-state index in [1.54, 1.807) is 18.3 Å². The molecule has 0 radical (unpaired) electrons. The summed E-state index contributed by atoms with van der Waals surface area (Å²) in [4.78, 5) is 17.0. The Bertz CT molecular complexity index is 603. The van der Waals surface area contributed by atoms with E-state index in [2.05, 4.69) is 10.3 Å². The number of thiazole rings is 1. The molecule has 0 saturated heterocycles. The summed E-state index contributed by atoms with van der Waals surface area (Å²) in [5.41, 5.74) is 0.830. The third kappa shape index (κ3) is 2.88. The van der Waals surface area contributed by atoms with Crippen molar-refractivity contribution >= 4 is 17.2 Å². The zero-order valence-corrected chi connectivity index (χ0v) is 11.8. The molecule has 0 spiro atoms. The van der Waals surface area contributed by atoms with Crippen LogP contribution >= 0.6 is 11.3 Å². The fourth-order valence-electron chi connectivity index (χ4n) is 2.43. The van der Waals surface area contributed by atoms with Crippen LogP contribution in [0.4, 0.5) is 4.39 Å². The summed E-state index contributed by atoms with van der Waals surface area (Å²) in [6.07, 6.45) is 6.10. The summed E-state index contributed by atoms with van der Waals surface area (Å²) in [7, 11) is 0. The standard InChI is InChI=1S/C15H15FN2OS/c16-11-7-5-10(6-8-11)15-17-9-13(20-15)14(19)18-12-3-1-2-4-12/h5-9,12H,1-4H2,(H,18,19). The molecule has 1 aliphatic rings. The number of nitrogens with one attached hydrogen (secondary N) is 1. The van der Waals surface area contributed by atoms with Crippen LogP contribution in [0, 0.1) is 5.82 Å². The molecule has 20 heavy (non-hydrogen) atoms. The van der Waals surface area contributed by atoms with Gasteiger partial charge < -0.3 is 5.32 Å². The number of carbonyl (C=O) groups is 1. The van der Waals surface area contributed by atoms with E-state index in [4.69, 9.17) is 0 Å². The second kappa shape index (κ2) is 5.71. The molecule has 1 fully saturated rings. The molecule has 0 unspecified atom stereocenters. The number of nitrogens with zero attached hydrogens (tertiary/aromatic N) is 1. The molecule has 0 aliphatic heterocycles. The number of hydrogen-bond acceptors (Lipinski definition) is 3. The van der Waals surface area contributed by atoms with Crippen LogP contribution in [0.2, 0.25) is 0 Å². The molecule has 1 N–H and O–H groups in total. The van der Waals surface area contributed by atoms with Crippen molar-refractivity contribution < 1.29 is 9.18 Å². The third-order valence-electron chi connectivity index (χ3n) is 3.51. The molecule has 3 nitrogen and oxygen atoms in total. The lowest BCUT2D eigenvalue weighted by Gasteiger charge is -2.09. The SMILES string of the molecule is O=C(NC1CCCC1)c1cnc(-c2ccc(F)cc2)s1. The molecular formula is C15H15FN2OS. The minimum Gasteiger partial charge on any atom is -0.349 e. The highest BCUT2D eigenvalue weighted by molar-refractivity contribution is 7.16. The quantitative estimate of drug-likeness (QED) is 0.938. The molecule has 104 valence electrons. The Balaban J connectivity index is 1.72. The largest absolute Gasteiger partial charge is 0.349 e. The molecule has 0 atom stereocenters. The smallest absolute Gasteiger partial charge is 0.263 e. The van der Waals surface area contributed by atoms with E-state index < -0.39 is 0 Å². The van der Waals surface area contributed by atoms with E-state index in [9.17, 15) is 9.18 Å². The van der Waals surface area contributed by atoms with Gasteiger partial charge in [0.25, 0.3) is 5.91 Å². The van der Waals surface area contributed by atoms with Crippen molar-refractivity contribution in [3.05, 3.63) is 41.2 Å². The Morgan fingerprint density at radius 2 is 1.95 bits per heavy atom. The van der Waals surface area contributed by atoms with Crippen molar-refractivity contribution in [1.82, 2.24) is 10.3 Å². The Labute approximate surface area is 120 Å². The molecule has 1 aromatic heterocycles. The Morgan fingerprint density at radius 1 is 1.25 bits per heavy atom. The van der Waals surface area contributed by atoms with Crippen molar-refractivity contribution in [2.24, 2.45) is 0 Å². The summed E-state index contributed by atoms with van der Waals surface area (Å²) in [5.74, 6) is -0.327. The van der Waals surface area contributed by atoms with Gasteiger partial charge in [0.05, 0.1) is 6.20 Å². The van der Waals surface area contributed by atoms with Crippen LogP contribution in [0.25, 0.3) is 10.6 Å². The average Bonchev–Trinajstić information content (AvgIpc) is 3.10. The molecule has 1 heterocycles. The highest BCUT2D eigenvalue weighted by Gasteiger charge is 2.19. The number of benzene rings is 1. The van der Waals surface area contributed by atoms with Gasteiger partial charge in [0, 0.05) is 11.6 Å². The van der Waals surface area contributed by atoms with Gasteiger partial charge in [-0.2, -0.15) is 0 Å². The number of carbonyl (C=O) groups excluding carboxylic acids is 1. The van der Waals surface area contributed by atoms with E-state index in [1.807, 2.05) is 0 Å². The number of halogens is 1. The van der Waals surface area contributed by atoms with Gasteiger partial charge in [-0.15, -0.1) is 11.3 Å². The van der Waals surface area contributed by atoms with Gasteiger partial charge in [0.2, 0.25) is 0 Å². The Kier molecular flexibility index (Phi) is 3.78. The summed E-state index contributed by atoms with van der Waals surface area (Å²) in [6, 6.07) is 6.45. The van der Waals surface area contributed by atoms with Crippen molar-refractivity contribution in [1.29, 1.82) is 0 Å². The van der Waals surface area contributed by atoms with Crippen molar-refractivity contribution in [3.63, 3.8) is 0 Å². The van der Waals surface area contributed by atoms with Crippen LogP contribution in [0.3, 0.4) is 0 Å². The first-order valence-electron chi connectivity index (χ1n) is 6.75. The van der Waals surface area contributed by atoms with Gasteiger partial charge in [-0.25, -0.2) is 9.37 Å². The molecule has 2 aromatic rings. The molecule has 5 heteroatoms. The number of hydrogen-bond donors (Lipinski definition) is 1. The lowest BCUT2D eigenvalue weighted by atomic mass is 10.2. The first-order chi connectivity index (χ1) is 9.72. The van der Waals surface area contributed by atoms with Gasteiger partial charge in [-0.1, -0.05) is 12.8 Å². The van der Waals surface area contributed by atoms with Crippen LogP contribution in [0.15, 0.2) is 30.5 Å². The third-order valence-corrected chi connectivity index (χ3v) is 4.56. The summed E-state index contributed by atoms with van der Waals surface area (Å²) in [6.45, 7) is 0. The topological polar surface area (TPSA) is 42.0 Å². The van der Waals surface area contributed by atoms with E-state index >= 15 is 0 Å². The van der Waals surface area contributed by atoms with E-state index in [-0.39, 0.29) is 11.7 Å². The minimum atomic E-state index is -0.274. The zero-order chi connectivity index (χ0) is 13.9. The van der Waals surface area contributed by atoms with Gasteiger partial charge in [-0.05, 0) is 37.1 Å². The van der Waals surface area contributed by atoms with Crippen molar-refractivity contribution in [3.8, 4) is 10.6 Å². The maximum Gasteiger partial charge on any atom is 0.263 e. The average molecular weight is 290 g/mol. The van der Waals surface area contributed by atoms with Gasteiger partial charge >= 0.3 is 0 Å². The summed E-state index contributed by atoms with van der Waals surface area (Å²) >= 11 is 1.34. The second-order valence-corrected chi connectivity index (χ2v) is 6.02. The van der Waals surface area contributed by atoms with E-state index in [1.165, 1.54) is 36.3 Å². The van der Waals surface area contributed by atoms with Crippen LogP contribution in [-0.4, -0.2) is 16.9 Å². The first-order valence-corrected chi connectivity index (χ1v) is 7.56. The predicted octanol–water partition coefficient (Wildman–Crippen LogP) is 3.62. The first kappa shape index (κ1) is 13.2. The molecule has 3 rings (SSSR count). The molecule has 1 saturated carbocycles. The van der Waals surface area contributed by atoms with Crippen LogP contribution < -0.4 is 5.32 Å². The van der Waals surface area contributed by atoms with Gasteiger partial charge in [0.1, 0.15) is 15.7 Å². The number of rotatable bonds is 3. The van der Waals surface area contributed by atoms with Gasteiger partial charge in [0.15, 0.2) is 0 Å². The molecule has 0 bridgehead atoms. The predicted molar refractivity (Wildman–Crippen MR) is 77.2 cm³/mol. The summed E-state index contributed by atoms with van der Waals surface area (Å²) in [5, 5.41) is 3.78. The lowest BCUT2D eigenvalue weighted by molar-refractivity contribution is 0.0942. The van der Waals surface area contributed by atoms with E-state index in [0.717, 1.165) is 23.4 Å². The molecule has 1 amide bonds. The number of amides is 1. The number of aromatic nitrogens is 1. The highest BCUT2D eigenvalue weighted by atomic mass is 32.1. The second-order valence-electron chi connectivity index (χ2n) is 4.99. The van der Waals surface area contributed by atoms with Crippen molar-refractivity contribution in [2.75, 3.05) is 0 Å². The van der Waals surface area contributed by atoms with Crippen molar-refractivity contribution in [2.45, 2.75) is 31.7 Å². The lowest BCUT2D eigenvalue weighted by Crippen LogP contribution is -2.31.